The summed E-state index contributed by atoms with van der Waals surface area (Å²) in [5.74, 6) is -0.866. The van der Waals surface area contributed by atoms with Crippen molar-refractivity contribution in [3.63, 3.8) is 0 Å². The van der Waals surface area contributed by atoms with E-state index >= 15 is 0 Å². The summed E-state index contributed by atoms with van der Waals surface area (Å²) in [4.78, 5) is 26.8. The smallest absolute Gasteiger partial charge is 0.255 e. The number of hydrogen-bond acceptors (Lipinski definition) is 4. The Labute approximate surface area is 115 Å². The van der Waals surface area contributed by atoms with Gasteiger partial charge in [0.1, 0.15) is 6.04 Å². The Kier molecular flexibility index (Phi) is 4.07. The van der Waals surface area contributed by atoms with Gasteiger partial charge in [0.05, 0.1) is 0 Å². The molecule has 1 aromatic heterocycles. The van der Waals surface area contributed by atoms with Crippen LogP contribution >= 0.6 is 0 Å². The van der Waals surface area contributed by atoms with Gasteiger partial charge < -0.3 is 16.8 Å². The topological polar surface area (TPSA) is 111 Å². The van der Waals surface area contributed by atoms with Crippen LogP contribution in [0.25, 0.3) is 0 Å². The average Bonchev–Trinajstić information content (AvgIpc) is 2.47. The van der Waals surface area contributed by atoms with Crippen LogP contribution in [0, 0.1) is 0 Å². The van der Waals surface area contributed by atoms with Crippen LogP contribution in [0.5, 0.6) is 0 Å². The van der Waals surface area contributed by atoms with Gasteiger partial charge in [0.15, 0.2) is 0 Å². The quantitative estimate of drug-likeness (QED) is 0.763. The van der Waals surface area contributed by atoms with Gasteiger partial charge in [0, 0.05) is 23.6 Å². The lowest BCUT2D eigenvalue weighted by atomic mass is 10.0. The highest BCUT2D eigenvalue weighted by Crippen LogP contribution is 2.13. The number of pyridine rings is 1. The van der Waals surface area contributed by atoms with Crippen molar-refractivity contribution in [2.75, 3.05) is 5.32 Å². The summed E-state index contributed by atoms with van der Waals surface area (Å²) in [5.41, 5.74) is 12.4. The molecule has 102 valence electrons. The van der Waals surface area contributed by atoms with Gasteiger partial charge in [-0.1, -0.05) is 12.1 Å². The van der Waals surface area contributed by atoms with E-state index in [2.05, 4.69) is 10.3 Å². The molecule has 0 saturated heterocycles. The summed E-state index contributed by atoms with van der Waals surface area (Å²) in [6.45, 7) is 0. The largest absolute Gasteiger partial charge is 0.368 e. The first-order chi connectivity index (χ1) is 9.58. The van der Waals surface area contributed by atoms with Crippen LogP contribution in [0.2, 0.25) is 0 Å². The van der Waals surface area contributed by atoms with E-state index in [1.54, 1.807) is 48.8 Å². The fourth-order valence-electron chi connectivity index (χ4n) is 1.64. The second-order valence-corrected chi connectivity index (χ2v) is 4.19. The maximum absolute atomic E-state index is 12.0. The van der Waals surface area contributed by atoms with Gasteiger partial charge in [-0.05, 0) is 29.8 Å². The highest BCUT2D eigenvalue weighted by Gasteiger charge is 2.13. The van der Waals surface area contributed by atoms with Crippen molar-refractivity contribution in [2.45, 2.75) is 6.04 Å². The van der Waals surface area contributed by atoms with Crippen molar-refractivity contribution < 1.29 is 9.59 Å². The molecule has 20 heavy (non-hydrogen) atoms. The number of nitrogens with two attached hydrogens (primary N) is 2. The third kappa shape index (κ3) is 3.18. The van der Waals surface area contributed by atoms with E-state index in [9.17, 15) is 9.59 Å². The fraction of sp³-hybridized carbons (Fsp3) is 0.0714. The molecule has 1 heterocycles. The number of hydrogen-bond donors (Lipinski definition) is 3. The van der Waals surface area contributed by atoms with Gasteiger partial charge in [-0.15, -0.1) is 0 Å². The minimum absolute atomic E-state index is 0.254. The molecule has 0 radical (unpaired) electrons. The lowest BCUT2D eigenvalue weighted by Crippen LogP contribution is -2.28. The lowest BCUT2D eigenvalue weighted by Gasteiger charge is -2.09. The number of carbonyl (C=O) groups excluding carboxylic acids is 2. The molecule has 0 spiro atoms. The molecule has 5 N–H and O–H groups in total. The monoisotopic (exact) mass is 270 g/mol. The van der Waals surface area contributed by atoms with Crippen LogP contribution in [0.15, 0.2) is 48.8 Å². The number of anilines is 1. The average molecular weight is 270 g/mol. The maximum atomic E-state index is 12.0. The SMILES string of the molecule is NC(=O)C(N)c1ccc(C(=O)Nc2ccncc2)cc1. The number of rotatable bonds is 4. The van der Waals surface area contributed by atoms with E-state index in [0.29, 0.717) is 16.8 Å². The molecule has 1 aromatic carbocycles. The zero-order valence-electron chi connectivity index (χ0n) is 10.6. The van der Waals surface area contributed by atoms with Crippen molar-refractivity contribution in [1.82, 2.24) is 4.98 Å². The Balaban J connectivity index is 2.10. The Morgan fingerprint density at radius 3 is 2.20 bits per heavy atom. The number of benzene rings is 1. The first-order valence-electron chi connectivity index (χ1n) is 5.94. The van der Waals surface area contributed by atoms with E-state index < -0.39 is 11.9 Å². The lowest BCUT2D eigenvalue weighted by molar-refractivity contribution is -0.119. The number of nitrogens with one attached hydrogen (secondary N) is 1. The Hall–Kier alpha value is -2.73. The molecule has 0 aliphatic rings. The van der Waals surface area contributed by atoms with Crippen molar-refractivity contribution in [3.8, 4) is 0 Å². The summed E-state index contributed by atoms with van der Waals surface area (Å²) in [7, 11) is 0. The molecule has 1 unspecified atom stereocenters. The van der Waals surface area contributed by atoms with Crippen LogP contribution < -0.4 is 16.8 Å². The molecule has 2 amide bonds. The molecule has 6 heteroatoms. The van der Waals surface area contributed by atoms with Crippen LogP contribution in [0.3, 0.4) is 0 Å². The highest BCUT2D eigenvalue weighted by atomic mass is 16.2. The van der Waals surface area contributed by atoms with Crippen LogP contribution in [0.4, 0.5) is 5.69 Å². The first-order valence-corrected chi connectivity index (χ1v) is 5.94. The number of primary amides is 1. The van der Waals surface area contributed by atoms with E-state index in [0.717, 1.165) is 0 Å². The Bertz CT molecular complexity index is 611. The minimum atomic E-state index is -0.868. The Morgan fingerprint density at radius 1 is 1.05 bits per heavy atom. The first kappa shape index (κ1) is 13.7. The third-order valence-corrected chi connectivity index (χ3v) is 2.78. The van der Waals surface area contributed by atoms with Gasteiger partial charge >= 0.3 is 0 Å². The summed E-state index contributed by atoms with van der Waals surface area (Å²) in [6, 6.07) is 8.91. The summed E-state index contributed by atoms with van der Waals surface area (Å²) >= 11 is 0. The minimum Gasteiger partial charge on any atom is -0.368 e. The van der Waals surface area contributed by atoms with E-state index in [1.165, 1.54) is 0 Å². The highest BCUT2D eigenvalue weighted by molar-refractivity contribution is 6.04. The predicted molar refractivity (Wildman–Crippen MR) is 74.8 cm³/mol. The van der Waals surface area contributed by atoms with Gasteiger partial charge in [0.2, 0.25) is 5.91 Å². The number of carbonyl (C=O) groups is 2. The molecular weight excluding hydrogens is 256 g/mol. The van der Waals surface area contributed by atoms with Crippen molar-refractivity contribution in [1.29, 1.82) is 0 Å². The van der Waals surface area contributed by atoms with Crippen molar-refractivity contribution >= 4 is 17.5 Å². The van der Waals surface area contributed by atoms with Gasteiger partial charge in [-0.3, -0.25) is 14.6 Å². The number of nitrogens with zero attached hydrogens (tertiary/aromatic N) is 1. The van der Waals surface area contributed by atoms with E-state index in [1.807, 2.05) is 0 Å². The molecular formula is C14H14N4O2. The zero-order valence-corrected chi connectivity index (χ0v) is 10.6. The summed E-state index contributed by atoms with van der Waals surface area (Å²) in [5, 5.41) is 2.73. The molecule has 0 bridgehead atoms. The second kappa shape index (κ2) is 5.94. The van der Waals surface area contributed by atoms with Gasteiger partial charge in [0.25, 0.3) is 5.91 Å². The van der Waals surface area contributed by atoms with Gasteiger partial charge in [-0.25, -0.2) is 0 Å². The molecule has 6 nitrogen and oxygen atoms in total. The molecule has 0 fully saturated rings. The van der Waals surface area contributed by atoms with Crippen molar-refractivity contribution in [3.05, 3.63) is 59.9 Å². The van der Waals surface area contributed by atoms with Crippen molar-refractivity contribution in [2.24, 2.45) is 11.5 Å². The van der Waals surface area contributed by atoms with Gasteiger partial charge in [-0.2, -0.15) is 0 Å². The van der Waals surface area contributed by atoms with E-state index in [-0.39, 0.29) is 5.91 Å². The predicted octanol–water partition coefficient (Wildman–Crippen LogP) is 0.819. The zero-order chi connectivity index (χ0) is 14.5. The Morgan fingerprint density at radius 2 is 1.65 bits per heavy atom. The van der Waals surface area contributed by atoms with Crippen LogP contribution in [-0.4, -0.2) is 16.8 Å². The summed E-state index contributed by atoms with van der Waals surface area (Å²) in [6.07, 6.45) is 3.18. The summed E-state index contributed by atoms with van der Waals surface area (Å²) < 4.78 is 0. The molecule has 2 rings (SSSR count). The standard InChI is InChI=1S/C14H14N4O2/c15-12(13(16)19)9-1-3-10(4-2-9)14(20)18-11-5-7-17-8-6-11/h1-8,12H,15H2,(H2,16,19)(H,17,18,20). The third-order valence-electron chi connectivity index (χ3n) is 2.78. The number of amides is 2. The fourth-order valence-corrected chi connectivity index (χ4v) is 1.64. The molecule has 2 aromatic rings. The molecule has 0 aliphatic carbocycles. The number of aromatic nitrogens is 1. The van der Waals surface area contributed by atoms with Crippen LogP contribution in [-0.2, 0) is 4.79 Å². The van der Waals surface area contributed by atoms with E-state index in [4.69, 9.17) is 11.5 Å². The molecule has 1 atom stereocenters. The van der Waals surface area contributed by atoms with Crippen LogP contribution in [0.1, 0.15) is 22.0 Å². The second-order valence-electron chi connectivity index (χ2n) is 4.19. The maximum Gasteiger partial charge on any atom is 0.255 e. The molecule has 0 aliphatic heterocycles. The molecule has 0 saturated carbocycles. The normalized spacial score (nSPS) is 11.7.